The van der Waals surface area contributed by atoms with E-state index in [1.165, 1.54) is 12.3 Å². The maximum atomic E-state index is 12.1. The zero-order valence-corrected chi connectivity index (χ0v) is 12.3. The summed E-state index contributed by atoms with van der Waals surface area (Å²) in [4.78, 5) is -0.166. The molecule has 0 amide bonds. The van der Waals surface area contributed by atoms with Crippen LogP contribution < -0.4 is 10.0 Å². The first-order chi connectivity index (χ1) is 9.07. The molecule has 20 heavy (non-hydrogen) atoms. The highest BCUT2D eigenvalue weighted by Gasteiger charge is 2.30. The second kappa shape index (κ2) is 6.15. The molecule has 5 nitrogen and oxygen atoms in total. The number of hydrogen-bond donors (Lipinski definition) is 2. The van der Waals surface area contributed by atoms with E-state index in [9.17, 15) is 21.6 Å². The van der Waals surface area contributed by atoms with Crippen molar-refractivity contribution >= 4 is 10.0 Å². The van der Waals surface area contributed by atoms with Gasteiger partial charge in [-0.15, -0.1) is 0 Å². The molecule has 0 aliphatic carbocycles. The highest BCUT2D eigenvalue weighted by Crippen LogP contribution is 2.20. The fraction of sp³-hybridized carbons (Fsp3) is 0.636. The van der Waals surface area contributed by atoms with Gasteiger partial charge < -0.3 is 9.88 Å². The Labute approximate surface area is 116 Å². The molecule has 0 bridgehead atoms. The number of hydrogen-bond acceptors (Lipinski definition) is 3. The predicted octanol–water partition coefficient (Wildman–Crippen LogP) is 1.63. The number of aromatic nitrogens is 1. The van der Waals surface area contributed by atoms with E-state index in [0.29, 0.717) is 12.2 Å². The van der Waals surface area contributed by atoms with Gasteiger partial charge in [0.15, 0.2) is 0 Å². The minimum Gasteiger partial charge on any atom is -0.346 e. The van der Waals surface area contributed by atoms with Crippen LogP contribution in [0.25, 0.3) is 0 Å². The van der Waals surface area contributed by atoms with E-state index < -0.39 is 22.7 Å². The maximum Gasteiger partial charge on any atom is 0.402 e. The Balaban J connectivity index is 3.04. The third-order valence-electron chi connectivity index (χ3n) is 2.59. The molecule has 0 fully saturated rings. The molecule has 1 aromatic heterocycles. The summed E-state index contributed by atoms with van der Waals surface area (Å²) in [5, 5.41) is 2.88. The van der Waals surface area contributed by atoms with Crippen LogP contribution in [-0.2, 0) is 16.6 Å². The molecule has 1 aromatic rings. The van der Waals surface area contributed by atoms with E-state index >= 15 is 0 Å². The predicted molar refractivity (Wildman–Crippen MR) is 68.8 cm³/mol. The molecule has 0 saturated carbocycles. The van der Waals surface area contributed by atoms with Gasteiger partial charge in [-0.25, -0.2) is 13.1 Å². The SMILES string of the molecule is CNCc1cc(S(=O)(=O)NCC(F)(F)F)cn1C(C)C. The smallest absolute Gasteiger partial charge is 0.346 e. The molecule has 1 rings (SSSR count). The van der Waals surface area contributed by atoms with Crippen molar-refractivity contribution in [1.82, 2.24) is 14.6 Å². The number of rotatable bonds is 6. The summed E-state index contributed by atoms with van der Waals surface area (Å²) in [6.07, 6.45) is -3.24. The Bertz CT molecular complexity index is 550. The van der Waals surface area contributed by atoms with Crippen molar-refractivity contribution in [2.45, 2.75) is 37.5 Å². The minimum atomic E-state index is -4.58. The molecule has 0 spiro atoms. The largest absolute Gasteiger partial charge is 0.402 e. The van der Waals surface area contributed by atoms with Gasteiger partial charge in [-0.1, -0.05) is 0 Å². The molecule has 116 valence electrons. The van der Waals surface area contributed by atoms with E-state index in [1.807, 2.05) is 13.8 Å². The first-order valence-corrected chi connectivity index (χ1v) is 7.47. The van der Waals surface area contributed by atoms with Crippen molar-refractivity contribution in [3.8, 4) is 0 Å². The van der Waals surface area contributed by atoms with Gasteiger partial charge in [0.05, 0.1) is 4.90 Å². The molecule has 0 aliphatic heterocycles. The van der Waals surface area contributed by atoms with Crippen LogP contribution in [0.2, 0.25) is 0 Å². The van der Waals surface area contributed by atoms with E-state index in [0.717, 1.165) is 0 Å². The van der Waals surface area contributed by atoms with Crippen LogP contribution in [0.5, 0.6) is 0 Å². The van der Waals surface area contributed by atoms with Crippen LogP contribution in [0.15, 0.2) is 17.2 Å². The Hall–Kier alpha value is -1.06. The van der Waals surface area contributed by atoms with Crippen molar-refractivity contribution in [2.75, 3.05) is 13.6 Å². The first-order valence-electron chi connectivity index (χ1n) is 5.98. The van der Waals surface area contributed by atoms with Crippen molar-refractivity contribution < 1.29 is 21.6 Å². The van der Waals surface area contributed by atoms with E-state index in [1.54, 1.807) is 16.3 Å². The van der Waals surface area contributed by atoms with Gasteiger partial charge in [-0.05, 0) is 27.0 Å². The molecule has 1 heterocycles. The number of alkyl halides is 3. The summed E-state index contributed by atoms with van der Waals surface area (Å²) in [6, 6.07) is 1.37. The molecule has 0 aromatic carbocycles. The summed E-state index contributed by atoms with van der Waals surface area (Å²) >= 11 is 0. The minimum absolute atomic E-state index is 0.00455. The van der Waals surface area contributed by atoms with Gasteiger partial charge >= 0.3 is 6.18 Å². The highest BCUT2D eigenvalue weighted by molar-refractivity contribution is 7.89. The van der Waals surface area contributed by atoms with Gasteiger partial charge in [-0.2, -0.15) is 13.2 Å². The molecule has 0 radical (unpaired) electrons. The standard InChI is InChI=1S/C11H18F3N3O2S/c1-8(2)17-6-10(4-9(17)5-15-3)20(18,19)16-7-11(12,13)14/h4,6,8,15-16H,5,7H2,1-3H3. The van der Waals surface area contributed by atoms with Gasteiger partial charge in [-0.3, -0.25) is 0 Å². The third-order valence-corrected chi connectivity index (χ3v) is 3.96. The number of nitrogens with zero attached hydrogens (tertiary/aromatic N) is 1. The van der Waals surface area contributed by atoms with E-state index in [2.05, 4.69) is 5.32 Å². The van der Waals surface area contributed by atoms with Crippen molar-refractivity contribution in [1.29, 1.82) is 0 Å². The summed E-state index contributed by atoms with van der Waals surface area (Å²) in [6.45, 7) is 2.56. The zero-order valence-electron chi connectivity index (χ0n) is 11.5. The third kappa shape index (κ3) is 4.50. The second-order valence-corrected chi connectivity index (χ2v) is 6.41. The lowest BCUT2D eigenvalue weighted by atomic mass is 10.3. The van der Waals surface area contributed by atoms with Gasteiger partial charge in [0, 0.05) is 24.5 Å². The molecule has 0 saturated heterocycles. The zero-order chi connectivity index (χ0) is 15.6. The number of nitrogens with one attached hydrogen (secondary N) is 2. The molecule has 0 aliphatic rings. The van der Waals surface area contributed by atoms with Crippen molar-refractivity contribution in [2.24, 2.45) is 0 Å². The molecular weight excluding hydrogens is 295 g/mol. The average Bonchev–Trinajstić information content (AvgIpc) is 2.71. The van der Waals surface area contributed by atoms with Crippen LogP contribution in [-0.4, -0.2) is 32.8 Å². The Morgan fingerprint density at radius 2 is 1.95 bits per heavy atom. The van der Waals surface area contributed by atoms with Crippen LogP contribution >= 0.6 is 0 Å². The first kappa shape index (κ1) is 17.0. The van der Waals surface area contributed by atoms with Crippen LogP contribution in [0, 0.1) is 0 Å². The average molecular weight is 313 g/mol. The summed E-state index contributed by atoms with van der Waals surface area (Å²) in [7, 11) is -2.46. The second-order valence-electron chi connectivity index (χ2n) is 4.64. The topological polar surface area (TPSA) is 63.1 Å². The number of sulfonamides is 1. The van der Waals surface area contributed by atoms with Gasteiger partial charge in [0.2, 0.25) is 10.0 Å². The lowest BCUT2D eigenvalue weighted by molar-refractivity contribution is -0.121. The Kier molecular flexibility index (Phi) is 5.22. The van der Waals surface area contributed by atoms with Crippen LogP contribution in [0.1, 0.15) is 25.6 Å². The van der Waals surface area contributed by atoms with Gasteiger partial charge in [0.25, 0.3) is 0 Å². The maximum absolute atomic E-state index is 12.1. The molecule has 0 atom stereocenters. The molecular formula is C11H18F3N3O2S. The van der Waals surface area contributed by atoms with Crippen molar-refractivity contribution in [3.63, 3.8) is 0 Å². The fourth-order valence-electron chi connectivity index (χ4n) is 1.71. The summed E-state index contributed by atoms with van der Waals surface area (Å²) < 4.78 is 63.2. The monoisotopic (exact) mass is 313 g/mol. The van der Waals surface area contributed by atoms with Gasteiger partial charge in [0.1, 0.15) is 6.54 Å². The molecule has 9 heteroatoms. The van der Waals surface area contributed by atoms with Crippen LogP contribution in [0.3, 0.4) is 0 Å². The van der Waals surface area contributed by atoms with E-state index in [-0.39, 0.29) is 10.9 Å². The van der Waals surface area contributed by atoms with E-state index in [4.69, 9.17) is 0 Å². The summed E-state index contributed by atoms with van der Waals surface area (Å²) in [5.41, 5.74) is 0.690. The lowest BCUT2D eigenvalue weighted by Crippen LogP contribution is -2.33. The Morgan fingerprint density at radius 3 is 2.40 bits per heavy atom. The normalized spacial score (nSPS) is 13.2. The van der Waals surface area contributed by atoms with Crippen molar-refractivity contribution in [3.05, 3.63) is 18.0 Å². The molecule has 2 N–H and O–H groups in total. The highest BCUT2D eigenvalue weighted by atomic mass is 32.2. The molecule has 0 unspecified atom stereocenters. The Morgan fingerprint density at radius 1 is 1.35 bits per heavy atom. The summed E-state index contributed by atoms with van der Waals surface area (Å²) in [5.74, 6) is 0. The lowest BCUT2D eigenvalue weighted by Gasteiger charge is -2.12. The quantitative estimate of drug-likeness (QED) is 0.839. The fourth-order valence-corrected chi connectivity index (χ4v) is 2.77. The number of halogens is 3. The van der Waals surface area contributed by atoms with Crippen LogP contribution in [0.4, 0.5) is 13.2 Å².